The Kier molecular flexibility index (Phi) is 4.18. The number of carbonyl (C=O) groups is 2. The molecule has 0 aromatic carbocycles. The predicted octanol–water partition coefficient (Wildman–Crippen LogP) is 5.29. The van der Waals surface area contributed by atoms with Gasteiger partial charge in [-0.2, -0.15) is 0 Å². The number of hydrogen-bond donors (Lipinski definition) is 0. The zero-order chi connectivity index (χ0) is 16.9. The van der Waals surface area contributed by atoms with E-state index < -0.39 is 0 Å². The molecule has 0 aliphatic heterocycles. The fourth-order valence-electron chi connectivity index (χ4n) is 7.29. The molecular weight excluding hydrogens is 320 g/mol. The average Bonchev–Trinajstić information content (AvgIpc) is 2.88. The van der Waals surface area contributed by atoms with Crippen LogP contribution < -0.4 is 0 Å². The molecule has 0 saturated heterocycles. The summed E-state index contributed by atoms with van der Waals surface area (Å²) < 4.78 is 0. The largest absolute Gasteiger partial charge is 0.300 e. The fourth-order valence-corrected chi connectivity index (χ4v) is 7.38. The fraction of sp³-hybridized carbons (Fsp3) is 0.810. The maximum absolute atomic E-state index is 12.5. The van der Waals surface area contributed by atoms with E-state index in [-0.39, 0.29) is 10.8 Å². The van der Waals surface area contributed by atoms with Crippen molar-refractivity contribution in [1.82, 2.24) is 0 Å². The molecule has 0 radical (unpaired) electrons. The Morgan fingerprint density at radius 2 is 1.92 bits per heavy atom. The maximum atomic E-state index is 12.5. The van der Waals surface area contributed by atoms with Crippen molar-refractivity contribution in [2.45, 2.75) is 71.1 Å². The lowest BCUT2D eigenvalue weighted by Crippen LogP contribution is -2.54. The second kappa shape index (κ2) is 5.97. The van der Waals surface area contributed by atoms with Gasteiger partial charge >= 0.3 is 0 Å². The summed E-state index contributed by atoms with van der Waals surface area (Å²) >= 11 is 5.89. The molecule has 3 heteroatoms. The molecule has 6 atom stereocenters. The molecule has 0 aromatic heterocycles. The Balaban J connectivity index is 1.68. The minimum absolute atomic E-state index is 0.0536. The van der Waals surface area contributed by atoms with Gasteiger partial charge in [0.2, 0.25) is 0 Å². The van der Waals surface area contributed by atoms with Gasteiger partial charge in [0.1, 0.15) is 11.6 Å². The Morgan fingerprint density at radius 3 is 2.71 bits per heavy atom. The summed E-state index contributed by atoms with van der Waals surface area (Å²) in [5.41, 5.74) is 1.87. The van der Waals surface area contributed by atoms with Gasteiger partial charge in [-0.15, -0.1) is 0 Å². The third kappa shape index (κ3) is 2.28. The van der Waals surface area contributed by atoms with Gasteiger partial charge < -0.3 is 0 Å². The molecule has 0 heterocycles. The molecule has 0 N–H and O–H groups in total. The van der Waals surface area contributed by atoms with Crippen LogP contribution in [0.15, 0.2) is 11.6 Å². The lowest BCUT2D eigenvalue weighted by atomic mass is 9.44. The van der Waals surface area contributed by atoms with Crippen LogP contribution in [0.25, 0.3) is 0 Å². The summed E-state index contributed by atoms with van der Waals surface area (Å²) in [6.07, 6.45) is 12.2. The molecule has 4 rings (SSSR count). The number of halogens is 1. The van der Waals surface area contributed by atoms with Crippen LogP contribution in [-0.4, -0.2) is 11.6 Å². The minimum atomic E-state index is -0.0536. The standard InChI is InChI=1S/C21H29ClO2/c1-20-10-8-18-16(17(20)5-6-19(20)24)4-3-14-13-15(23)7-11-21(14,18)9-2-12-22/h2,12,14,16-18H,3-11,13H2,1H3/t14-,16-,17-,18-,20-,21-/m0/s1. The van der Waals surface area contributed by atoms with Crippen molar-refractivity contribution in [3.8, 4) is 0 Å². The molecule has 4 aliphatic rings. The number of ketones is 2. The van der Waals surface area contributed by atoms with Crippen LogP contribution in [0.2, 0.25) is 0 Å². The first-order valence-corrected chi connectivity index (χ1v) is 10.2. The van der Waals surface area contributed by atoms with Gasteiger partial charge in [0.05, 0.1) is 0 Å². The molecule has 0 unspecified atom stereocenters. The SMILES string of the molecule is C[C@]12CC[C@H]3[C@@H](CC[C@H]4CC(=O)CC[C@@]43CC=CCl)[C@@H]1CCC2=O. The molecule has 2 nitrogen and oxygen atoms in total. The summed E-state index contributed by atoms with van der Waals surface area (Å²) in [6.45, 7) is 2.24. The van der Waals surface area contributed by atoms with E-state index in [1.165, 1.54) is 19.3 Å². The Bertz CT molecular complexity index is 582. The van der Waals surface area contributed by atoms with Crippen LogP contribution in [0.1, 0.15) is 71.1 Å². The molecule has 4 aliphatic carbocycles. The summed E-state index contributed by atoms with van der Waals surface area (Å²) in [6, 6.07) is 0. The first-order valence-electron chi connectivity index (χ1n) is 9.81. The number of carbonyl (C=O) groups excluding carboxylic acids is 2. The van der Waals surface area contributed by atoms with Gasteiger partial charge in [0.15, 0.2) is 0 Å². The van der Waals surface area contributed by atoms with Crippen LogP contribution in [-0.2, 0) is 9.59 Å². The van der Waals surface area contributed by atoms with E-state index in [9.17, 15) is 9.59 Å². The monoisotopic (exact) mass is 348 g/mol. The lowest BCUT2D eigenvalue weighted by molar-refractivity contribution is -0.146. The highest BCUT2D eigenvalue weighted by atomic mass is 35.5. The molecule has 0 spiro atoms. The summed E-state index contributed by atoms with van der Waals surface area (Å²) in [7, 11) is 0. The van der Waals surface area contributed by atoms with Crippen molar-refractivity contribution in [2.24, 2.45) is 34.5 Å². The first kappa shape index (κ1) is 16.8. The zero-order valence-corrected chi connectivity index (χ0v) is 15.5. The van der Waals surface area contributed by atoms with E-state index >= 15 is 0 Å². The number of hydrogen-bond acceptors (Lipinski definition) is 2. The highest BCUT2D eigenvalue weighted by molar-refractivity contribution is 6.25. The quantitative estimate of drug-likeness (QED) is 0.679. The van der Waals surface area contributed by atoms with Crippen molar-refractivity contribution < 1.29 is 9.59 Å². The highest BCUT2D eigenvalue weighted by Gasteiger charge is 2.61. The third-order valence-electron chi connectivity index (χ3n) is 8.48. The molecule has 4 saturated carbocycles. The zero-order valence-electron chi connectivity index (χ0n) is 14.7. The van der Waals surface area contributed by atoms with Crippen molar-refractivity contribution in [3.63, 3.8) is 0 Å². The Hall–Kier alpha value is -0.630. The van der Waals surface area contributed by atoms with Gasteiger partial charge in [-0.1, -0.05) is 24.6 Å². The molecule has 0 amide bonds. The highest BCUT2D eigenvalue weighted by Crippen LogP contribution is 2.66. The van der Waals surface area contributed by atoms with E-state index in [2.05, 4.69) is 13.0 Å². The van der Waals surface area contributed by atoms with Crippen molar-refractivity contribution in [2.75, 3.05) is 0 Å². The van der Waals surface area contributed by atoms with Gasteiger partial charge in [-0.05, 0) is 74.0 Å². The smallest absolute Gasteiger partial charge is 0.139 e. The van der Waals surface area contributed by atoms with E-state index in [0.29, 0.717) is 35.2 Å². The van der Waals surface area contributed by atoms with E-state index in [4.69, 9.17) is 11.6 Å². The Morgan fingerprint density at radius 1 is 1.08 bits per heavy atom. The van der Waals surface area contributed by atoms with E-state index in [0.717, 1.165) is 44.9 Å². The molecule has 0 aromatic rings. The molecule has 132 valence electrons. The topological polar surface area (TPSA) is 34.1 Å². The summed E-state index contributed by atoms with van der Waals surface area (Å²) in [4.78, 5) is 24.6. The number of fused-ring (bicyclic) bond motifs is 5. The van der Waals surface area contributed by atoms with Crippen molar-refractivity contribution in [3.05, 3.63) is 11.6 Å². The second-order valence-corrected chi connectivity index (χ2v) is 9.36. The molecule has 24 heavy (non-hydrogen) atoms. The molecule has 4 fully saturated rings. The van der Waals surface area contributed by atoms with Crippen LogP contribution in [0.3, 0.4) is 0 Å². The van der Waals surface area contributed by atoms with Crippen LogP contribution in [0.4, 0.5) is 0 Å². The second-order valence-electron chi connectivity index (χ2n) is 9.11. The van der Waals surface area contributed by atoms with Crippen LogP contribution in [0, 0.1) is 34.5 Å². The van der Waals surface area contributed by atoms with Gasteiger partial charge in [0.25, 0.3) is 0 Å². The molecule has 0 bridgehead atoms. The normalized spacial score (nSPS) is 48.2. The Labute approximate surface area is 150 Å². The average molecular weight is 349 g/mol. The van der Waals surface area contributed by atoms with E-state index in [1.807, 2.05) is 0 Å². The van der Waals surface area contributed by atoms with Gasteiger partial charge in [-0.3, -0.25) is 9.59 Å². The van der Waals surface area contributed by atoms with Crippen LogP contribution >= 0.6 is 11.6 Å². The van der Waals surface area contributed by atoms with E-state index in [1.54, 1.807) is 5.54 Å². The van der Waals surface area contributed by atoms with Crippen LogP contribution in [0.5, 0.6) is 0 Å². The van der Waals surface area contributed by atoms with Crippen molar-refractivity contribution in [1.29, 1.82) is 0 Å². The van der Waals surface area contributed by atoms with Crippen molar-refractivity contribution >= 4 is 23.2 Å². The third-order valence-corrected chi connectivity index (χ3v) is 8.65. The number of Topliss-reactive ketones (excluding diaryl/α,β-unsaturated/α-hetero) is 2. The molecular formula is C21H29ClO2. The number of allylic oxidation sites excluding steroid dienone is 1. The predicted molar refractivity (Wildman–Crippen MR) is 95.7 cm³/mol. The first-order chi connectivity index (χ1) is 11.5. The number of rotatable bonds is 2. The maximum Gasteiger partial charge on any atom is 0.139 e. The summed E-state index contributed by atoms with van der Waals surface area (Å²) in [5.74, 6) is 3.46. The van der Waals surface area contributed by atoms with Gasteiger partial charge in [0, 0.05) is 30.2 Å². The lowest BCUT2D eigenvalue weighted by Gasteiger charge is -2.60. The summed E-state index contributed by atoms with van der Waals surface area (Å²) in [5, 5.41) is 0. The minimum Gasteiger partial charge on any atom is -0.300 e. The van der Waals surface area contributed by atoms with Gasteiger partial charge in [-0.25, -0.2) is 0 Å².